The van der Waals surface area contributed by atoms with Crippen LogP contribution in [0.5, 0.6) is 0 Å². The van der Waals surface area contributed by atoms with Crippen molar-refractivity contribution in [2.75, 3.05) is 24.2 Å². The van der Waals surface area contributed by atoms with Gasteiger partial charge >= 0.3 is 0 Å². The molecule has 0 aliphatic rings. The number of aliphatic hydroxyl groups is 1. The van der Waals surface area contributed by atoms with Crippen LogP contribution in [0.4, 0.5) is 11.5 Å². The van der Waals surface area contributed by atoms with Gasteiger partial charge < -0.3 is 15.7 Å². The van der Waals surface area contributed by atoms with Crippen LogP contribution in [0.3, 0.4) is 0 Å². The summed E-state index contributed by atoms with van der Waals surface area (Å²) in [5.74, 6) is 0.627. The van der Waals surface area contributed by atoms with Crippen LogP contribution in [0.25, 0.3) is 0 Å². The van der Waals surface area contributed by atoms with Gasteiger partial charge in [-0.25, -0.2) is 4.98 Å². The lowest BCUT2D eigenvalue weighted by Crippen LogP contribution is -2.27. The molecule has 1 rings (SSSR count). The second-order valence-corrected chi connectivity index (χ2v) is 3.71. The minimum Gasteiger partial charge on any atom is -0.397 e. The highest BCUT2D eigenvalue weighted by Gasteiger charge is 2.09. The van der Waals surface area contributed by atoms with Crippen molar-refractivity contribution in [1.82, 2.24) is 4.98 Å². The molecule has 0 aliphatic carbocycles. The van der Waals surface area contributed by atoms with Crippen molar-refractivity contribution in [2.45, 2.75) is 13.0 Å². The van der Waals surface area contributed by atoms with Gasteiger partial charge in [0.05, 0.1) is 23.0 Å². The number of aromatic nitrogens is 1. The van der Waals surface area contributed by atoms with Crippen molar-refractivity contribution in [3.8, 4) is 0 Å². The Morgan fingerprint density at radius 3 is 2.86 bits per heavy atom. The molecule has 0 aliphatic heterocycles. The minimum atomic E-state index is -0.421. The predicted molar refractivity (Wildman–Crippen MR) is 58.6 cm³/mol. The second kappa shape index (κ2) is 4.48. The van der Waals surface area contributed by atoms with Gasteiger partial charge in [-0.05, 0) is 13.0 Å². The molecule has 0 saturated carbocycles. The van der Waals surface area contributed by atoms with Crippen LogP contribution in [0, 0.1) is 0 Å². The van der Waals surface area contributed by atoms with Gasteiger partial charge in [-0.2, -0.15) is 0 Å². The van der Waals surface area contributed by atoms with Gasteiger partial charge in [0.2, 0.25) is 0 Å². The molecular formula is C9H14ClN3O. The van der Waals surface area contributed by atoms with E-state index in [2.05, 4.69) is 4.98 Å². The Hall–Kier alpha value is -1.00. The third-order valence-electron chi connectivity index (χ3n) is 1.74. The molecule has 1 unspecified atom stereocenters. The highest BCUT2D eigenvalue weighted by atomic mass is 35.5. The Bertz CT molecular complexity index is 317. The molecule has 78 valence electrons. The van der Waals surface area contributed by atoms with Crippen LogP contribution in [-0.4, -0.2) is 29.8 Å². The minimum absolute atomic E-state index is 0.421. The van der Waals surface area contributed by atoms with Crippen molar-refractivity contribution in [3.05, 3.63) is 17.3 Å². The van der Waals surface area contributed by atoms with Gasteiger partial charge in [0.25, 0.3) is 0 Å². The van der Waals surface area contributed by atoms with Gasteiger partial charge in [-0.15, -0.1) is 0 Å². The Labute approximate surface area is 88.3 Å². The molecule has 0 amide bonds. The Kier molecular flexibility index (Phi) is 3.55. The van der Waals surface area contributed by atoms with Crippen molar-refractivity contribution in [1.29, 1.82) is 0 Å². The number of aliphatic hydroxyl groups excluding tert-OH is 1. The molecule has 14 heavy (non-hydrogen) atoms. The summed E-state index contributed by atoms with van der Waals surface area (Å²) in [7, 11) is 1.82. The molecule has 0 aromatic carbocycles. The predicted octanol–water partition coefficient (Wildman–Crippen LogP) is 1.13. The lowest BCUT2D eigenvalue weighted by Gasteiger charge is -2.20. The number of nitrogens with zero attached hydrogens (tertiary/aromatic N) is 2. The zero-order chi connectivity index (χ0) is 10.7. The summed E-state index contributed by atoms with van der Waals surface area (Å²) >= 11 is 5.94. The highest BCUT2D eigenvalue weighted by molar-refractivity contribution is 6.33. The first-order chi connectivity index (χ1) is 6.50. The van der Waals surface area contributed by atoms with Crippen molar-refractivity contribution < 1.29 is 5.11 Å². The number of likely N-dealkylation sites (N-methyl/N-ethyl adjacent to an activating group) is 1. The fourth-order valence-electron chi connectivity index (χ4n) is 1.21. The molecular weight excluding hydrogens is 202 g/mol. The van der Waals surface area contributed by atoms with Crippen LogP contribution < -0.4 is 10.6 Å². The summed E-state index contributed by atoms with van der Waals surface area (Å²) in [6.45, 7) is 2.19. The van der Waals surface area contributed by atoms with E-state index in [1.807, 2.05) is 7.05 Å². The fraction of sp³-hybridized carbons (Fsp3) is 0.444. The summed E-state index contributed by atoms with van der Waals surface area (Å²) in [5, 5.41) is 9.69. The molecule has 1 aromatic heterocycles. The number of halogens is 1. The molecule has 1 aromatic rings. The fourth-order valence-corrected chi connectivity index (χ4v) is 1.53. The van der Waals surface area contributed by atoms with Crippen LogP contribution in [0.15, 0.2) is 12.3 Å². The number of hydrogen-bond acceptors (Lipinski definition) is 4. The third kappa shape index (κ3) is 2.75. The summed E-state index contributed by atoms with van der Waals surface area (Å²) in [5.41, 5.74) is 6.05. The van der Waals surface area contributed by atoms with E-state index in [1.54, 1.807) is 24.1 Å². The monoisotopic (exact) mass is 215 g/mol. The first-order valence-electron chi connectivity index (χ1n) is 4.31. The second-order valence-electron chi connectivity index (χ2n) is 3.30. The van der Waals surface area contributed by atoms with Crippen LogP contribution in [-0.2, 0) is 0 Å². The van der Waals surface area contributed by atoms with E-state index >= 15 is 0 Å². The molecule has 0 spiro atoms. The molecule has 0 fully saturated rings. The topological polar surface area (TPSA) is 62.4 Å². The first-order valence-corrected chi connectivity index (χ1v) is 4.68. The maximum absolute atomic E-state index is 9.19. The molecule has 1 heterocycles. The van der Waals surface area contributed by atoms with E-state index in [0.717, 1.165) is 0 Å². The molecule has 0 bridgehead atoms. The zero-order valence-electron chi connectivity index (χ0n) is 8.24. The SMILES string of the molecule is CC(O)CN(C)c1ncc(N)cc1Cl. The highest BCUT2D eigenvalue weighted by Crippen LogP contribution is 2.23. The molecule has 1 atom stereocenters. The molecule has 3 N–H and O–H groups in total. The van der Waals surface area contributed by atoms with Gasteiger partial charge in [-0.1, -0.05) is 11.6 Å². The van der Waals surface area contributed by atoms with Crippen molar-refractivity contribution in [3.63, 3.8) is 0 Å². The quantitative estimate of drug-likeness (QED) is 0.794. The first kappa shape index (κ1) is 11.1. The zero-order valence-corrected chi connectivity index (χ0v) is 8.99. The Morgan fingerprint density at radius 1 is 1.71 bits per heavy atom. The normalized spacial score (nSPS) is 12.6. The Morgan fingerprint density at radius 2 is 2.36 bits per heavy atom. The molecule has 5 heteroatoms. The summed E-state index contributed by atoms with van der Waals surface area (Å²) in [6.07, 6.45) is 1.12. The van der Waals surface area contributed by atoms with Crippen LogP contribution >= 0.6 is 11.6 Å². The van der Waals surface area contributed by atoms with E-state index in [1.165, 1.54) is 0 Å². The van der Waals surface area contributed by atoms with Gasteiger partial charge in [-0.3, -0.25) is 0 Å². The standard InChI is InChI=1S/C9H14ClN3O/c1-6(14)5-13(2)9-8(10)3-7(11)4-12-9/h3-4,6,14H,5,11H2,1-2H3. The van der Waals surface area contributed by atoms with E-state index in [0.29, 0.717) is 23.1 Å². The molecule has 0 saturated heterocycles. The third-order valence-corrected chi connectivity index (χ3v) is 2.02. The largest absolute Gasteiger partial charge is 0.397 e. The van der Waals surface area contributed by atoms with Crippen LogP contribution in [0.2, 0.25) is 5.02 Å². The lowest BCUT2D eigenvalue weighted by molar-refractivity contribution is 0.201. The number of pyridine rings is 1. The van der Waals surface area contributed by atoms with E-state index in [-0.39, 0.29) is 0 Å². The van der Waals surface area contributed by atoms with E-state index < -0.39 is 6.10 Å². The summed E-state index contributed by atoms with van der Waals surface area (Å²) < 4.78 is 0. The van der Waals surface area contributed by atoms with Gasteiger partial charge in [0.1, 0.15) is 5.82 Å². The lowest BCUT2D eigenvalue weighted by atomic mass is 10.3. The summed E-state index contributed by atoms with van der Waals surface area (Å²) in [6, 6.07) is 1.64. The molecule has 4 nitrogen and oxygen atoms in total. The maximum Gasteiger partial charge on any atom is 0.147 e. The number of nitrogens with two attached hydrogens (primary N) is 1. The number of rotatable bonds is 3. The smallest absolute Gasteiger partial charge is 0.147 e. The van der Waals surface area contributed by atoms with Crippen LogP contribution in [0.1, 0.15) is 6.92 Å². The van der Waals surface area contributed by atoms with E-state index in [4.69, 9.17) is 17.3 Å². The van der Waals surface area contributed by atoms with Gasteiger partial charge in [0.15, 0.2) is 0 Å². The Balaban J connectivity index is 2.84. The molecule has 0 radical (unpaired) electrons. The number of nitrogen functional groups attached to an aromatic ring is 1. The average molecular weight is 216 g/mol. The number of hydrogen-bond donors (Lipinski definition) is 2. The number of anilines is 2. The van der Waals surface area contributed by atoms with Crippen molar-refractivity contribution >= 4 is 23.1 Å². The van der Waals surface area contributed by atoms with Gasteiger partial charge in [0, 0.05) is 13.6 Å². The van der Waals surface area contributed by atoms with E-state index in [9.17, 15) is 5.11 Å². The summed E-state index contributed by atoms with van der Waals surface area (Å²) in [4.78, 5) is 5.87. The maximum atomic E-state index is 9.19. The average Bonchev–Trinajstić information content (AvgIpc) is 2.01. The van der Waals surface area contributed by atoms with Crippen molar-refractivity contribution in [2.24, 2.45) is 0 Å².